The van der Waals surface area contributed by atoms with Gasteiger partial charge in [-0.1, -0.05) is 5.92 Å². The van der Waals surface area contributed by atoms with Gasteiger partial charge < -0.3 is 5.32 Å². The zero-order valence-electron chi connectivity index (χ0n) is 7.11. The molecule has 2 rings (SSSR count). The van der Waals surface area contributed by atoms with Gasteiger partial charge in [0.25, 0.3) is 0 Å². The maximum absolute atomic E-state index is 3.46. The molecular formula is C10H15N. The van der Waals surface area contributed by atoms with E-state index in [1.54, 1.807) is 0 Å². The lowest BCUT2D eigenvalue weighted by atomic mass is 10.0. The van der Waals surface area contributed by atoms with Crippen LogP contribution in [0, 0.1) is 23.2 Å². The smallest absolute Gasteiger partial charge is 0.0470 e. The van der Waals surface area contributed by atoms with Gasteiger partial charge in [-0.25, -0.2) is 0 Å². The number of hydrogen-bond donors (Lipinski definition) is 1. The molecule has 2 unspecified atom stereocenters. The summed E-state index contributed by atoms with van der Waals surface area (Å²) in [6.45, 7) is 4.29. The van der Waals surface area contributed by atoms with Crippen molar-refractivity contribution in [3.63, 3.8) is 0 Å². The van der Waals surface area contributed by atoms with Crippen molar-refractivity contribution in [1.82, 2.24) is 5.32 Å². The van der Waals surface area contributed by atoms with E-state index < -0.39 is 0 Å². The third kappa shape index (κ3) is 1.16. The summed E-state index contributed by atoms with van der Waals surface area (Å²) in [5.74, 6) is 7.34. The van der Waals surface area contributed by atoms with E-state index in [9.17, 15) is 0 Å². The molecule has 0 aromatic heterocycles. The number of rotatable bonds is 0. The summed E-state index contributed by atoms with van der Waals surface area (Å²) in [7, 11) is 0. The summed E-state index contributed by atoms with van der Waals surface area (Å²) in [5.41, 5.74) is 0.408. The van der Waals surface area contributed by atoms with Crippen molar-refractivity contribution in [2.45, 2.75) is 26.2 Å². The van der Waals surface area contributed by atoms with Gasteiger partial charge >= 0.3 is 0 Å². The van der Waals surface area contributed by atoms with Gasteiger partial charge in [-0.15, -0.1) is 5.92 Å². The van der Waals surface area contributed by atoms with Crippen molar-refractivity contribution in [3.8, 4) is 11.8 Å². The summed E-state index contributed by atoms with van der Waals surface area (Å²) in [5, 5.41) is 3.46. The number of fused-ring (bicyclic) bond motifs is 1. The minimum absolute atomic E-state index is 0.408. The molecule has 0 spiro atoms. The Morgan fingerprint density at radius 3 is 3.27 bits per heavy atom. The second-order valence-corrected chi connectivity index (χ2v) is 3.75. The van der Waals surface area contributed by atoms with Crippen LogP contribution in [0.4, 0.5) is 0 Å². The molecule has 1 saturated heterocycles. The normalized spacial score (nSPS) is 41.4. The molecule has 11 heavy (non-hydrogen) atoms. The predicted octanol–water partition coefficient (Wildman–Crippen LogP) is 1.40. The first-order valence-corrected chi connectivity index (χ1v) is 4.52. The van der Waals surface area contributed by atoms with Gasteiger partial charge in [-0.05, 0) is 38.6 Å². The molecule has 1 aliphatic carbocycles. The van der Waals surface area contributed by atoms with E-state index in [-0.39, 0.29) is 0 Å². The predicted molar refractivity (Wildman–Crippen MR) is 46.1 cm³/mol. The molecule has 1 saturated carbocycles. The minimum atomic E-state index is 0.408. The molecular weight excluding hydrogens is 134 g/mol. The summed E-state index contributed by atoms with van der Waals surface area (Å²) < 4.78 is 0. The maximum Gasteiger partial charge on any atom is 0.0470 e. The molecule has 0 radical (unpaired) electrons. The summed E-state index contributed by atoms with van der Waals surface area (Å²) in [6, 6.07) is 0. The van der Waals surface area contributed by atoms with Crippen LogP contribution in [0.15, 0.2) is 0 Å². The standard InChI is InChI=1S/C10H15N/c1-2-5-10-7-9(10)4-3-6-11-8-10/h9,11H,3-4,6-8H2,1H3. The molecule has 0 bridgehead atoms. The van der Waals surface area contributed by atoms with E-state index in [1.807, 2.05) is 6.92 Å². The first-order chi connectivity index (χ1) is 5.37. The van der Waals surface area contributed by atoms with Gasteiger partial charge in [0.1, 0.15) is 0 Å². The maximum atomic E-state index is 3.46. The van der Waals surface area contributed by atoms with Crippen LogP contribution in [0.5, 0.6) is 0 Å². The molecule has 2 aliphatic rings. The molecule has 60 valence electrons. The van der Waals surface area contributed by atoms with Gasteiger partial charge in [-0.3, -0.25) is 0 Å². The largest absolute Gasteiger partial charge is 0.315 e. The van der Waals surface area contributed by atoms with Gasteiger partial charge in [-0.2, -0.15) is 0 Å². The van der Waals surface area contributed by atoms with E-state index in [0.717, 1.165) is 12.5 Å². The number of hydrogen-bond acceptors (Lipinski definition) is 1. The van der Waals surface area contributed by atoms with Crippen molar-refractivity contribution >= 4 is 0 Å². The molecule has 1 aliphatic heterocycles. The van der Waals surface area contributed by atoms with E-state index in [1.165, 1.54) is 25.8 Å². The minimum Gasteiger partial charge on any atom is -0.315 e. The average molecular weight is 149 g/mol. The van der Waals surface area contributed by atoms with Crippen molar-refractivity contribution in [3.05, 3.63) is 0 Å². The van der Waals surface area contributed by atoms with Crippen LogP contribution in [0.1, 0.15) is 26.2 Å². The highest BCUT2D eigenvalue weighted by Gasteiger charge is 2.52. The van der Waals surface area contributed by atoms with Gasteiger partial charge in [0, 0.05) is 12.0 Å². The SMILES string of the molecule is CC#CC12CNCCCC1C2. The third-order valence-corrected chi connectivity index (χ3v) is 2.95. The number of nitrogens with one attached hydrogen (secondary N) is 1. The van der Waals surface area contributed by atoms with Gasteiger partial charge in [0.05, 0.1) is 0 Å². The van der Waals surface area contributed by atoms with Crippen LogP contribution in [-0.4, -0.2) is 13.1 Å². The van der Waals surface area contributed by atoms with E-state index in [0.29, 0.717) is 5.41 Å². The topological polar surface area (TPSA) is 12.0 Å². The van der Waals surface area contributed by atoms with Crippen LogP contribution in [0.2, 0.25) is 0 Å². The molecule has 2 fully saturated rings. The molecule has 0 amide bonds. The third-order valence-electron chi connectivity index (χ3n) is 2.95. The highest BCUT2D eigenvalue weighted by Crippen LogP contribution is 2.54. The van der Waals surface area contributed by atoms with Crippen LogP contribution in [0.3, 0.4) is 0 Å². The van der Waals surface area contributed by atoms with E-state index in [4.69, 9.17) is 0 Å². The first kappa shape index (κ1) is 7.18. The molecule has 0 aromatic carbocycles. The van der Waals surface area contributed by atoms with Crippen molar-refractivity contribution in [2.24, 2.45) is 11.3 Å². The molecule has 0 aromatic rings. The highest BCUT2D eigenvalue weighted by atomic mass is 14.9. The zero-order valence-corrected chi connectivity index (χ0v) is 7.11. The molecule has 1 N–H and O–H groups in total. The van der Waals surface area contributed by atoms with Gasteiger partial charge in [0.15, 0.2) is 0 Å². The fourth-order valence-corrected chi connectivity index (χ4v) is 2.21. The van der Waals surface area contributed by atoms with Crippen LogP contribution >= 0.6 is 0 Å². The second-order valence-electron chi connectivity index (χ2n) is 3.75. The molecule has 1 heterocycles. The Morgan fingerprint density at radius 2 is 2.45 bits per heavy atom. The molecule has 2 atom stereocenters. The fraction of sp³-hybridized carbons (Fsp3) is 0.800. The summed E-state index contributed by atoms with van der Waals surface area (Å²) in [4.78, 5) is 0. The average Bonchev–Trinajstić information content (AvgIpc) is 2.62. The Bertz CT molecular complexity index is 211. The first-order valence-electron chi connectivity index (χ1n) is 4.52. The second kappa shape index (κ2) is 2.53. The summed E-state index contributed by atoms with van der Waals surface area (Å²) in [6.07, 6.45) is 4.08. The van der Waals surface area contributed by atoms with Crippen LogP contribution in [-0.2, 0) is 0 Å². The van der Waals surface area contributed by atoms with E-state index in [2.05, 4.69) is 17.2 Å². The van der Waals surface area contributed by atoms with Crippen LogP contribution < -0.4 is 5.32 Å². The summed E-state index contributed by atoms with van der Waals surface area (Å²) >= 11 is 0. The highest BCUT2D eigenvalue weighted by molar-refractivity contribution is 5.24. The molecule has 1 heteroatoms. The lowest BCUT2D eigenvalue weighted by molar-refractivity contribution is 0.567. The monoisotopic (exact) mass is 149 g/mol. The fourth-order valence-electron chi connectivity index (χ4n) is 2.21. The van der Waals surface area contributed by atoms with Crippen molar-refractivity contribution in [2.75, 3.05) is 13.1 Å². The zero-order chi connectivity index (χ0) is 7.73. The Labute approximate surface area is 68.6 Å². The Morgan fingerprint density at radius 1 is 1.55 bits per heavy atom. The quantitative estimate of drug-likeness (QED) is 0.513. The Kier molecular flexibility index (Phi) is 1.65. The van der Waals surface area contributed by atoms with E-state index >= 15 is 0 Å². The molecule has 1 nitrogen and oxygen atoms in total. The Balaban J connectivity index is 2.07. The van der Waals surface area contributed by atoms with Crippen molar-refractivity contribution in [1.29, 1.82) is 0 Å². The lowest BCUT2D eigenvalue weighted by Gasteiger charge is -2.06. The Hall–Kier alpha value is -0.480. The lowest BCUT2D eigenvalue weighted by Crippen LogP contribution is -2.22. The van der Waals surface area contributed by atoms with Crippen molar-refractivity contribution < 1.29 is 0 Å². The van der Waals surface area contributed by atoms with Gasteiger partial charge in [0.2, 0.25) is 0 Å². The van der Waals surface area contributed by atoms with Crippen LogP contribution in [0.25, 0.3) is 0 Å².